The fourth-order valence-electron chi connectivity index (χ4n) is 1.77. The quantitative estimate of drug-likeness (QED) is 0.815. The average molecular weight is 261 g/mol. The van der Waals surface area contributed by atoms with Crippen LogP contribution >= 0.6 is 0 Å². The topological polar surface area (TPSA) is 90.4 Å². The molecule has 0 atom stereocenters. The molecule has 0 saturated carbocycles. The van der Waals surface area contributed by atoms with Crippen molar-refractivity contribution in [3.63, 3.8) is 0 Å². The van der Waals surface area contributed by atoms with Gasteiger partial charge in [-0.1, -0.05) is 0 Å². The maximum atomic E-state index is 11.0. The van der Waals surface area contributed by atoms with Crippen LogP contribution in [0.5, 0.6) is 5.75 Å². The van der Waals surface area contributed by atoms with Crippen molar-refractivity contribution in [2.24, 2.45) is 7.05 Å². The van der Waals surface area contributed by atoms with Gasteiger partial charge in [0.25, 0.3) is 0 Å². The first-order valence-electron chi connectivity index (χ1n) is 5.72. The molecule has 0 aliphatic heterocycles. The Hall–Kier alpha value is -2.50. The minimum absolute atomic E-state index is 0.0405. The van der Waals surface area contributed by atoms with Gasteiger partial charge < -0.3 is 15.6 Å². The van der Waals surface area contributed by atoms with Crippen molar-refractivity contribution in [1.82, 2.24) is 9.78 Å². The van der Waals surface area contributed by atoms with E-state index in [1.807, 2.05) is 20.0 Å². The van der Waals surface area contributed by atoms with Gasteiger partial charge in [0.05, 0.1) is 17.0 Å². The number of nitrogens with two attached hydrogens (primary N) is 1. The molecule has 100 valence electrons. The van der Waals surface area contributed by atoms with Crippen LogP contribution < -0.4 is 10.5 Å². The third-order valence-corrected chi connectivity index (χ3v) is 2.74. The molecule has 6 heteroatoms. The van der Waals surface area contributed by atoms with Crippen molar-refractivity contribution in [2.45, 2.75) is 13.5 Å². The highest BCUT2D eigenvalue weighted by atomic mass is 16.5. The SMILES string of the molecule is Cc1cc(COc2ccc(N)c(C(=O)O)c2)n(C)n1. The van der Waals surface area contributed by atoms with Crippen LogP contribution in [0.15, 0.2) is 24.3 Å². The number of aromatic carboxylic acids is 1. The number of ether oxygens (including phenoxy) is 1. The van der Waals surface area contributed by atoms with Crippen molar-refractivity contribution in [1.29, 1.82) is 0 Å². The summed E-state index contributed by atoms with van der Waals surface area (Å²) >= 11 is 0. The third-order valence-electron chi connectivity index (χ3n) is 2.74. The van der Waals surface area contributed by atoms with Crippen LogP contribution in [-0.4, -0.2) is 20.9 Å². The number of carboxylic acids is 1. The standard InChI is InChI=1S/C13H15N3O3/c1-8-5-9(16(2)15-8)7-19-10-3-4-12(14)11(6-10)13(17)18/h3-6H,7,14H2,1-2H3,(H,17,18). The molecular weight excluding hydrogens is 246 g/mol. The lowest BCUT2D eigenvalue weighted by atomic mass is 10.2. The molecule has 6 nitrogen and oxygen atoms in total. The Morgan fingerprint density at radius 3 is 2.79 bits per heavy atom. The van der Waals surface area contributed by atoms with Crippen LogP contribution in [0.3, 0.4) is 0 Å². The average Bonchev–Trinajstić information content (AvgIpc) is 2.66. The van der Waals surface area contributed by atoms with Gasteiger partial charge in [0.1, 0.15) is 12.4 Å². The molecule has 1 aromatic carbocycles. The number of aryl methyl sites for hydroxylation is 2. The van der Waals surface area contributed by atoms with E-state index < -0.39 is 5.97 Å². The van der Waals surface area contributed by atoms with E-state index in [0.717, 1.165) is 11.4 Å². The van der Waals surface area contributed by atoms with Gasteiger partial charge in [-0.15, -0.1) is 0 Å². The number of carboxylic acid groups (broad SMARTS) is 1. The van der Waals surface area contributed by atoms with Crippen molar-refractivity contribution in [3.8, 4) is 5.75 Å². The summed E-state index contributed by atoms with van der Waals surface area (Å²) < 4.78 is 7.28. The summed E-state index contributed by atoms with van der Waals surface area (Å²) in [5, 5.41) is 13.2. The number of anilines is 1. The van der Waals surface area contributed by atoms with E-state index in [2.05, 4.69) is 5.10 Å². The van der Waals surface area contributed by atoms with Gasteiger partial charge in [0.2, 0.25) is 0 Å². The highest BCUT2D eigenvalue weighted by Gasteiger charge is 2.10. The molecule has 0 spiro atoms. The Balaban J connectivity index is 2.14. The third kappa shape index (κ3) is 2.85. The second-order valence-corrected chi connectivity index (χ2v) is 4.24. The molecule has 0 saturated heterocycles. The van der Waals surface area contributed by atoms with Gasteiger partial charge in [0.15, 0.2) is 0 Å². The molecule has 0 unspecified atom stereocenters. The van der Waals surface area contributed by atoms with Crippen LogP contribution in [0.25, 0.3) is 0 Å². The number of nitrogen functional groups attached to an aromatic ring is 1. The first-order valence-corrected chi connectivity index (χ1v) is 5.72. The first kappa shape index (κ1) is 12.9. The van der Waals surface area contributed by atoms with Crippen molar-refractivity contribution >= 4 is 11.7 Å². The minimum atomic E-state index is -1.07. The Morgan fingerprint density at radius 2 is 2.21 bits per heavy atom. The van der Waals surface area contributed by atoms with E-state index in [9.17, 15) is 4.79 Å². The number of benzene rings is 1. The minimum Gasteiger partial charge on any atom is -0.487 e. The molecule has 1 aromatic heterocycles. The summed E-state index contributed by atoms with van der Waals surface area (Å²) in [4.78, 5) is 11.0. The summed E-state index contributed by atoms with van der Waals surface area (Å²) in [5.41, 5.74) is 7.65. The number of carbonyl (C=O) groups is 1. The number of aromatic nitrogens is 2. The number of hydrogen-bond donors (Lipinski definition) is 2. The Labute approximate surface area is 110 Å². The molecular formula is C13H15N3O3. The van der Waals surface area contributed by atoms with Crippen molar-refractivity contribution in [3.05, 3.63) is 41.2 Å². The maximum absolute atomic E-state index is 11.0. The smallest absolute Gasteiger partial charge is 0.337 e. The van der Waals surface area contributed by atoms with E-state index >= 15 is 0 Å². The molecule has 0 fully saturated rings. The van der Waals surface area contributed by atoms with E-state index in [0.29, 0.717) is 12.4 Å². The van der Waals surface area contributed by atoms with E-state index in [4.69, 9.17) is 15.6 Å². The highest BCUT2D eigenvalue weighted by Crippen LogP contribution is 2.20. The van der Waals surface area contributed by atoms with Crippen molar-refractivity contribution < 1.29 is 14.6 Å². The Morgan fingerprint density at radius 1 is 1.47 bits per heavy atom. The van der Waals surface area contributed by atoms with Gasteiger partial charge in [0, 0.05) is 12.7 Å². The molecule has 3 N–H and O–H groups in total. The Bertz CT molecular complexity index is 620. The molecule has 2 aromatic rings. The summed E-state index contributed by atoms with van der Waals surface area (Å²) in [6, 6.07) is 6.49. The molecule has 19 heavy (non-hydrogen) atoms. The second-order valence-electron chi connectivity index (χ2n) is 4.24. The van der Waals surface area contributed by atoms with Crippen LogP contribution in [-0.2, 0) is 13.7 Å². The molecule has 0 aliphatic rings. The molecule has 1 heterocycles. The van der Waals surface area contributed by atoms with Crippen LogP contribution in [0.4, 0.5) is 5.69 Å². The van der Waals surface area contributed by atoms with Crippen LogP contribution in [0, 0.1) is 6.92 Å². The van der Waals surface area contributed by atoms with E-state index in [1.165, 1.54) is 12.1 Å². The zero-order chi connectivity index (χ0) is 14.0. The van der Waals surface area contributed by atoms with Gasteiger partial charge in [-0.2, -0.15) is 5.10 Å². The fourth-order valence-corrected chi connectivity index (χ4v) is 1.77. The van der Waals surface area contributed by atoms with Gasteiger partial charge >= 0.3 is 5.97 Å². The summed E-state index contributed by atoms with van der Waals surface area (Å²) in [6.07, 6.45) is 0. The molecule has 2 rings (SSSR count). The number of nitrogens with zero attached hydrogens (tertiary/aromatic N) is 2. The van der Waals surface area contributed by atoms with Crippen LogP contribution in [0.2, 0.25) is 0 Å². The number of hydrogen-bond acceptors (Lipinski definition) is 4. The van der Waals surface area contributed by atoms with Gasteiger partial charge in [-0.25, -0.2) is 4.79 Å². The predicted octanol–water partition coefficient (Wildman–Crippen LogP) is 1.59. The summed E-state index contributed by atoms with van der Waals surface area (Å²) in [6.45, 7) is 2.22. The zero-order valence-corrected chi connectivity index (χ0v) is 10.8. The number of rotatable bonds is 4. The van der Waals surface area contributed by atoms with Crippen molar-refractivity contribution in [2.75, 3.05) is 5.73 Å². The molecule has 0 bridgehead atoms. The largest absolute Gasteiger partial charge is 0.487 e. The molecule has 0 aliphatic carbocycles. The monoisotopic (exact) mass is 261 g/mol. The van der Waals surface area contributed by atoms with E-state index in [1.54, 1.807) is 10.7 Å². The highest BCUT2D eigenvalue weighted by molar-refractivity contribution is 5.94. The zero-order valence-electron chi connectivity index (χ0n) is 10.8. The lowest BCUT2D eigenvalue weighted by Crippen LogP contribution is -2.05. The Kier molecular flexibility index (Phi) is 3.41. The second kappa shape index (κ2) is 5.01. The normalized spacial score (nSPS) is 10.4. The molecule has 0 amide bonds. The van der Waals surface area contributed by atoms with Gasteiger partial charge in [-0.05, 0) is 31.2 Å². The lowest BCUT2D eigenvalue weighted by Gasteiger charge is -2.08. The maximum Gasteiger partial charge on any atom is 0.337 e. The lowest BCUT2D eigenvalue weighted by molar-refractivity contribution is 0.0697. The molecule has 0 radical (unpaired) electrons. The summed E-state index contributed by atoms with van der Waals surface area (Å²) in [5.74, 6) is -0.607. The van der Waals surface area contributed by atoms with Gasteiger partial charge in [-0.3, -0.25) is 4.68 Å². The van der Waals surface area contributed by atoms with Crippen LogP contribution in [0.1, 0.15) is 21.7 Å². The predicted molar refractivity (Wildman–Crippen MR) is 70.1 cm³/mol. The summed E-state index contributed by atoms with van der Waals surface area (Å²) in [7, 11) is 1.83. The van der Waals surface area contributed by atoms with E-state index in [-0.39, 0.29) is 11.3 Å². The first-order chi connectivity index (χ1) is 8.97. The fraction of sp³-hybridized carbons (Fsp3) is 0.231.